The van der Waals surface area contributed by atoms with Gasteiger partial charge in [-0.3, -0.25) is 4.79 Å². The molecule has 0 spiro atoms. The van der Waals surface area contributed by atoms with Crippen molar-refractivity contribution in [1.82, 2.24) is 10.2 Å². The molecule has 1 aromatic rings. The molecule has 1 aliphatic heterocycles. The molecule has 1 aromatic carbocycles. The van der Waals surface area contributed by atoms with E-state index in [4.69, 9.17) is 0 Å². The normalized spacial score (nSPS) is 19.3. The van der Waals surface area contributed by atoms with Gasteiger partial charge in [0.05, 0.1) is 11.6 Å². The van der Waals surface area contributed by atoms with E-state index in [0.717, 1.165) is 18.9 Å². The smallest absolute Gasteiger partial charge is 0.336 e. The monoisotopic (exact) mass is 314 g/mol. The van der Waals surface area contributed by atoms with Crippen molar-refractivity contribution in [2.45, 2.75) is 37.9 Å². The third-order valence-corrected chi connectivity index (χ3v) is 4.04. The Kier molecular flexibility index (Phi) is 5.45. The van der Waals surface area contributed by atoms with E-state index in [-0.39, 0.29) is 11.5 Å². The summed E-state index contributed by atoms with van der Waals surface area (Å²) < 4.78 is 39.7. The van der Waals surface area contributed by atoms with Gasteiger partial charge in [0.1, 0.15) is 0 Å². The number of piperidine rings is 1. The van der Waals surface area contributed by atoms with Gasteiger partial charge in [-0.1, -0.05) is 18.2 Å². The van der Waals surface area contributed by atoms with E-state index >= 15 is 0 Å². The number of nitrogens with zero attached hydrogens (tertiary/aromatic N) is 1. The maximum absolute atomic E-state index is 13.2. The summed E-state index contributed by atoms with van der Waals surface area (Å²) in [4.78, 5) is 13.9. The minimum Gasteiger partial charge on any atom is -0.336 e. The minimum absolute atomic E-state index is 0.0870. The van der Waals surface area contributed by atoms with Crippen LogP contribution in [0.4, 0.5) is 13.2 Å². The number of amides is 1. The second kappa shape index (κ2) is 7.13. The van der Waals surface area contributed by atoms with Gasteiger partial charge in [0, 0.05) is 19.5 Å². The Balaban J connectivity index is 2.30. The highest BCUT2D eigenvalue weighted by molar-refractivity contribution is 5.77. The fourth-order valence-electron chi connectivity index (χ4n) is 2.97. The molecule has 1 heterocycles. The number of hydrogen-bond donors (Lipinski definition) is 1. The lowest BCUT2D eigenvalue weighted by atomic mass is 9.91. The molecule has 1 atom stereocenters. The van der Waals surface area contributed by atoms with Crippen molar-refractivity contribution in [3.05, 3.63) is 35.4 Å². The van der Waals surface area contributed by atoms with Crippen LogP contribution in [0.25, 0.3) is 0 Å². The Morgan fingerprint density at radius 2 is 2.05 bits per heavy atom. The number of rotatable bonds is 4. The average Bonchev–Trinajstić information content (AvgIpc) is 2.52. The summed E-state index contributed by atoms with van der Waals surface area (Å²) in [6.07, 6.45) is -1.82. The lowest BCUT2D eigenvalue weighted by molar-refractivity contribution is -0.141. The molecule has 0 bridgehead atoms. The summed E-state index contributed by atoms with van der Waals surface area (Å²) in [7, 11) is 1.75. The van der Waals surface area contributed by atoms with Crippen molar-refractivity contribution in [2.24, 2.45) is 0 Å². The van der Waals surface area contributed by atoms with Gasteiger partial charge in [-0.15, -0.1) is 0 Å². The van der Waals surface area contributed by atoms with Crippen LogP contribution >= 0.6 is 0 Å². The minimum atomic E-state index is -4.40. The van der Waals surface area contributed by atoms with E-state index in [1.165, 1.54) is 12.1 Å². The van der Waals surface area contributed by atoms with Crippen LogP contribution in [-0.4, -0.2) is 30.9 Å². The number of nitrogens with one attached hydrogen (secondary N) is 1. The SMILES string of the molecule is CNCCC(=O)N1CCCCC1c1ccccc1C(F)(F)F. The average molecular weight is 314 g/mol. The van der Waals surface area contributed by atoms with Crippen LogP contribution in [0.5, 0.6) is 0 Å². The predicted molar refractivity (Wildman–Crippen MR) is 78.3 cm³/mol. The first-order valence-electron chi connectivity index (χ1n) is 7.55. The fraction of sp³-hybridized carbons (Fsp3) is 0.562. The molecular weight excluding hydrogens is 293 g/mol. The number of alkyl halides is 3. The van der Waals surface area contributed by atoms with Crippen LogP contribution in [-0.2, 0) is 11.0 Å². The highest BCUT2D eigenvalue weighted by Gasteiger charge is 2.37. The first-order chi connectivity index (χ1) is 10.4. The Labute approximate surface area is 128 Å². The molecule has 0 aliphatic carbocycles. The number of benzene rings is 1. The van der Waals surface area contributed by atoms with E-state index in [9.17, 15) is 18.0 Å². The standard InChI is InChI=1S/C16H21F3N2O/c1-20-10-9-15(22)21-11-5-4-8-14(21)12-6-2-3-7-13(12)16(17,18)19/h2-3,6-7,14,20H,4-5,8-11H2,1H3. The van der Waals surface area contributed by atoms with Gasteiger partial charge < -0.3 is 10.2 Å². The van der Waals surface area contributed by atoms with Gasteiger partial charge in [-0.2, -0.15) is 13.2 Å². The highest BCUT2D eigenvalue weighted by atomic mass is 19.4. The zero-order valence-electron chi connectivity index (χ0n) is 12.6. The maximum Gasteiger partial charge on any atom is 0.416 e. The molecule has 1 N–H and O–H groups in total. The Morgan fingerprint density at radius 3 is 2.73 bits per heavy atom. The zero-order valence-corrected chi connectivity index (χ0v) is 12.6. The van der Waals surface area contributed by atoms with E-state index in [1.807, 2.05) is 0 Å². The molecule has 1 aliphatic rings. The molecule has 22 heavy (non-hydrogen) atoms. The van der Waals surface area contributed by atoms with Crippen molar-refractivity contribution in [2.75, 3.05) is 20.1 Å². The van der Waals surface area contributed by atoms with Crippen molar-refractivity contribution in [3.8, 4) is 0 Å². The summed E-state index contributed by atoms with van der Waals surface area (Å²) >= 11 is 0. The van der Waals surface area contributed by atoms with Crippen LogP contribution < -0.4 is 5.32 Å². The number of carbonyl (C=O) groups excluding carboxylic acids is 1. The number of halogens is 3. The molecule has 1 fully saturated rings. The summed E-state index contributed by atoms with van der Waals surface area (Å²) in [5.74, 6) is -0.0870. The van der Waals surface area contributed by atoms with Gasteiger partial charge in [0.25, 0.3) is 0 Å². The van der Waals surface area contributed by atoms with E-state index in [2.05, 4.69) is 5.32 Å². The Bertz CT molecular complexity index is 516. The Hall–Kier alpha value is -1.56. The van der Waals surface area contributed by atoms with E-state index < -0.39 is 17.8 Å². The molecular formula is C16H21F3N2O. The molecule has 6 heteroatoms. The molecule has 0 aromatic heterocycles. The second-order valence-electron chi connectivity index (χ2n) is 5.54. The first-order valence-corrected chi connectivity index (χ1v) is 7.55. The summed E-state index contributed by atoms with van der Waals surface area (Å²) in [6, 6.07) is 5.12. The second-order valence-corrected chi connectivity index (χ2v) is 5.54. The maximum atomic E-state index is 13.2. The van der Waals surface area contributed by atoms with Crippen LogP contribution in [0.15, 0.2) is 24.3 Å². The van der Waals surface area contributed by atoms with Gasteiger partial charge in [-0.25, -0.2) is 0 Å². The van der Waals surface area contributed by atoms with Crippen molar-refractivity contribution < 1.29 is 18.0 Å². The molecule has 1 amide bonds. The number of hydrogen-bond acceptors (Lipinski definition) is 2. The quantitative estimate of drug-likeness (QED) is 0.924. The summed E-state index contributed by atoms with van der Waals surface area (Å²) in [5, 5.41) is 2.90. The fourth-order valence-corrected chi connectivity index (χ4v) is 2.97. The largest absolute Gasteiger partial charge is 0.416 e. The van der Waals surface area contributed by atoms with Crippen LogP contribution in [0.3, 0.4) is 0 Å². The van der Waals surface area contributed by atoms with Gasteiger partial charge in [0.15, 0.2) is 0 Å². The van der Waals surface area contributed by atoms with E-state index in [1.54, 1.807) is 18.0 Å². The van der Waals surface area contributed by atoms with Gasteiger partial charge in [0.2, 0.25) is 5.91 Å². The molecule has 0 radical (unpaired) electrons. The third kappa shape index (κ3) is 3.80. The van der Waals surface area contributed by atoms with Crippen molar-refractivity contribution >= 4 is 5.91 Å². The van der Waals surface area contributed by atoms with E-state index in [0.29, 0.717) is 25.9 Å². The highest BCUT2D eigenvalue weighted by Crippen LogP contribution is 2.39. The molecule has 0 saturated carbocycles. The van der Waals surface area contributed by atoms with Crippen molar-refractivity contribution in [1.29, 1.82) is 0 Å². The number of likely N-dealkylation sites (tertiary alicyclic amines) is 1. The van der Waals surface area contributed by atoms with Crippen LogP contribution in [0.1, 0.15) is 42.9 Å². The van der Waals surface area contributed by atoms with Crippen LogP contribution in [0.2, 0.25) is 0 Å². The first kappa shape index (κ1) is 16.8. The van der Waals surface area contributed by atoms with Crippen LogP contribution in [0, 0.1) is 0 Å². The summed E-state index contributed by atoms with van der Waals surface area (Å²) in [6.45, 7) is 1.06. The molecule has 122 valence electrons. The molecule has 1 saturated heterocycles. The predicted octanol–water partition coefficient (Wildman–Crippen LogP) is 3.37. The molecule has 1 unspecified atom stereocenters. The Morgan fingerprint density at radius 1 is 1.32 bits per heavy atom. The lowest BCUT2D eigenvalue weighted by Crippen LogP contribution is -2.40. The van der Waals surface area contributed by atoms with Crippen molar-refractivity contribution in [3.63, 3.8) is 0 Å². The molecule has 2 rings (SSSR count). The van der Waals surface area contributed by atoms with Gasteiger partial charge in [-0.05, 0) is 37.9 Å². The number of carbonyl (C=O) groups is 1. The molecule has 3 nitrogen and oxygen atoms in total. The topological polar surface area (TPSA) is 32.3 Å². The third-order valence-electron chi connectivity index (χ3n) is 4.04. The lowest BCUT2D eigenvalue weighted by Gasteiger charge is -2.37. The van der Waals surface area contributed by atoms with Gasteiger partial charge >= 0.3 is 6.18 Å². The zero-order chi connectivity index (χ0) is 16.2. The summed E-state index contributed by atoms with van der Waals surface area (Å²) in [5.41, 5.74) is -0.416.